The van der Waals surface area contributed by atoms with Crippen LogP contribution in [0.3, 0.4) is 0 Å². The molecule has 0 spiro atoms. The average molecular weight is 338 g/mol. The molecule has 1 N–H and O–H groups in total. The number of ether oxygens (including phenoxy) is 1. The van der Waals surface area contributed by atoms with E-state index in [1.165, 1.54) is 0 Å². The fourth-order valence-corrected chi connectivity index (χ4v) is 2.61. The van der Waals surface area contributed by atoms with E-state index in [-0.39, 0.29) is 5.91 Å². The van der Waals surface area contributed by atoms with Crippen molar-refractivity contribution in [1.82, 2.24) is 0 Å². The Balaban J connectivity index is 2.09. The molecule has 0 saturated heterocycles. The quantitative estimate of drug-likeness (QED) is 0.850. The van der Waals surface area contributed by atoms with E-state index in [1.54, 1.807) is 25.1 Å². The van der Waals surface area contributed by atoms with Crippen molar-refractivity contribution in [3.05, 3.63) is 57.6 Å². The zero-order valence-corrected chi connectivity index (χ0v) is 14.1. The fraction of sp³-hybridized carbons (Fsp3) is 0.235. The summed E-state index contributed by atoms with van der Waals surface area (Å²) in [6, 6.07) is 10.7. The van der Waals surface area contributed by atoms with E-state index in [0.29, 0.717) is 15.7 Å². The summed E-state index contributed by atoms with van der Waals surface area (Å²) in [5.74, 6) is 0.468. The Morgan fingerprint density at radius 3 is 2.18 bits per heavy atom. The number of halogens is 2. The first-order valence-electron chi connectivity index (χ1n) is 6.86. The van der Waals surface area contributed by atoms with E-state index in [1.807, 2.05) is 32.0 Å². The standard InChI is InChI=1S/C17H17Cl2NO2/c1-10-5-4-6-11(2)16(10)22-12(3)17(21)20-15-8-13(18)7-14(19)9-15/h4-9,12H,1-3H3,(H,20,21)/t12-/m0/s1. The number of carbonyl (C=O) groups is 1. The summed E-state index contributed by atoms with van der Waals surface area (Å²) in [6.07, 6.45) is -0.641. The van der Waals surface area contributed by atoms with E-state index in [9.17, 15) is 4.79 Å². The van der Waals surface area contributed by atoms with Crippen LogP contribution in [0.2, 0.25) is 10.0 Å². The number of para-hydroxylation sites is 1. The molecule has 0 aliphatic rings. The smallest absolute Gasteiger partial charge is 0.265 e. The van der Waals surface area contributed by atoms with Crippen molar-refractivity contribution < 1.29 is 9.53 Å². The minimum Gasteiger partial charge on any atom is -0.480 e. The number of aryl methyl sites for hydroxylation is 2. The summed E-state index contributed by atoms with van der Waals surface area (Å²) in [4.78, 5) is 12.2. The molecule has 0 aliphatic heterocycles. The summed E-state index contributed by atoms with van der Waals surface area (Å²) in [5.41, 5.74) is 2.52. The second kappa shape index (κ2) is 7.03. The Morgan fingerprint density at radius 1 is 1.09 bits per heavy atom. The molecule has 0 bridgehead atoms. The van der Waals surface area contributed by atoms with Gasteiger partial charge in [-0.2, -0.15) is 0 Å². The number of anilines is 1. The van der Waals surface area contributed by atoms with Gasteiger partial charge >= 0.3 is 0 Å². The van der Waals surface area contributed by atoms with Gasteiger partial charge in [-0.1, -0.05) is 41.4 Å². The van der Waals surface area contributed by atoms with Crippen molar-refractivity contribution in [3.8, 4) is 5.75 Å². The molecule has 0 heterocycles. The van der Waals surface area contributed by atoms with Crippen LogP contribution in [-0.4, -0.2) is 12.0 Å². The van der Waals surface area contributed by atoms with Crippen molar-refractivity contribution in [2.75, 3.05) is 5.32 Å². The third-order valence-electron chi connectivity index (χ3n) is 3.20. The van der Waals surface area contributed by atoms with E-state index in [4.69, 9.17) is 27.9 Å². The highest BCUT2D eigenvalue weighted by Gasteiger charge is 2.17. The largest absolute Gasteiger partial charge is 0.480 e. The molecule has 3 nitrogen and oxygen atoms in total. The maximum absolute atomic E-state index is 12.2. The molecule has 22 heavy (non-hydrogen) atoms. The summed E-state index contributed by atoms with van der Waals surface area (Å²) in [7, 11) is 0. The van der Waals surface area contributed by atoms with Crippen molar-refractivity contribution in [1.29, 1.82) is 0 Å². The average Bonchev–Trinajstić information content (AvgIpc) is 2.41. The first kappa shape index (κ1) is 16.7. The molecule has 1 amide bonds. The lowest BCUT2D eigenvalue weighted by Crippen LogP contribution is -2.30. The van der Waals surface area contributed by atoms with Crippen LogP contribution in [0.15, 0.2) is 36.4 Å². The predicted octanol–water partition coefficient (Wildman–Crippen LogP) is 5.02. The Bertz CT molecular complexity index is 661. The van der Waals surface area contributed by atoms with E-state index < -0.39 is 6.10 Å². The van der Waals surface area contributed by atoms with Gasteiger partial charge in [-0.15, -0.1) is 0 Å². The summed E-state index contributed by atoms with van der Waals surface area (Å²) in [5, 5.41) is 3.68. The number of hydrogen-bond acceptors (Lipinski definition) is 2. The Hall–Kier alpha value is -1.71. The zero-order chi connectivity index (χ0) is 16.3. The van der Waals surface area contributed by atoms with Gasteiger partial charge in [-0.3, -0.25) is 4.79 Å². The van der Waals surface area contributed by atoms with Crippen LogP contribution in [0.1, 0.15) is 18.1 Å². The van der Waals surface area contributed by atoms with E-state index in [2.05, 4.69) is 5.32 Å². The van der Waals surface area contributed by atoms with Crippen LogP contribution in [-0.2, 0) is 4.79 Å². The molecule has 0 aliphatic carbocycles. The molecule has 2 aromatic rings. The van der Waals surface area contributed by atoms with E-state index in [0.717, 1.165) is 16.9 Å². The summed E-state index contributed by atoms with van der Waals surface area (Å²) >= 11 is 11.8. The number of hydrogen-bond donors (Lipinski definition) is 1. The second-order valence-corrected chi connectivity index (χ2v) is 6.00. The van der Waals surface area contributed by atoms with Crippen molar-refractivity contribution in [3.63, 3.8) is 0 Å². The lowest BCUT2D eigenvalue weighted by molar-refractivity contribution is -0.122. The Kier molecular flexibility index (Phi) is 5.33. The SMILES string of the molecule is Cc1cccc(C)c1O[C@@H](C)C(=O)Nc1cc(Cl)cc(Cl)c1. The van der Waals surface area contributed by atoms with Crippen molar-refractivity contribution in [2.45, 2.75) is 26.9 Å². The summed E-state index contributed by atoms with van der Waals surface area (Å²) < 4.78 is 5.79. The monoisotopic (exact) mass is 337 g/mol. The lowest BCUT2D eigenvalue weighted by Gasteiger charge is -2.18. The van der Waals surface area contributed by atoms with Crippen LogP contribution in [0.4, 0.5) is 5.69 Å². The minimum absolute atomic E-state index is 0.263. The fourth-order valence-electron chi connectivity index (χ4n) is 2.09. The van der Waals surface area contributed by atoms with Gasteiger partial charge in [0.1, 0.15) is 5.75 Å². The molecule has 2 rings (SSSR count). The molecule has 0 fully saturated rings. The Morgan fingerprint density at radius 2 is 1.64 bits per heavy atom. The van der Waals surface area contributed by atoms with Crippen molar-refractivity contribution in [2.24, 2.45) is 0 Å². The van der Waals surface area contributed by atoms with Gasteiger partial charge in [0.25, 0.3) is 5.91 Å². The molecule has 0 unspecified atom stereocenters. The third kappa shape index (κ3) is 4.15. The topological polar surface area (TPSA) is 38.3 Å². The number of benzene rings is 2. The molecular weight excluding hydrogens is 321 g/mol. The molecule has 5 heteroatoms. The molecule has 1 atom stereocenters. The third-order valence-corrected chi connectivity index (χ3v) is 3.64. The summed E-state index contributed by atoms with van der Waals surface area (Å²) in [6.45, 7) is 5.60. The predicted molar refractivity (Wildman–Crippen MR) is 91.1 cm³/mol. The van der Waals surface area contributed by atoms with Gasteiger partial charge in [-0.25, -0.2) is 0 Å². The van der Waals surface area contributed by atoms with Crippen LogP contribution in [0, 0.1) is 13.8 Å². The maximum Gasteiger partial charge on any atom is 0.265 e. The Labute approximate surface area is 140 Å². The normalized spacial score (nSPS) is 11.9. The zero-order valence-electron chi connectivity index (χ0n) is 12.6. The van der Waals surface area contributed by atoms with Crippen LogP contribution in [0.5, 0.6) is 5.75 Å². The lowest BCUT2D eigenvalue weighted by atomic mass is 10.1. The highest BCUT2D eigenvalue weighted by atomic mass is 35.5. The van der Waals surface area contributed by atoms with Gasteiger partial charge in [-0.05, 0) is 50.1 Å². The first-order chi connectivity index (χ1) is 10.4. The first-order valence-corrected chi connectivity index (χ1v) is 7.62. The van der Waals surface area contributed by atoms with Gasteiger partial charge in [0.05, 0.1) is 0 Å². The highest BCUT2D eigenvalue weighted by Crippen LogP contribution is 2.25. The number of carbonyl (C=O) groups excluding carboxylic acids is 1. The molecule has 116 valence electrons. The minimum atomic E-state index is -0.641. The number of nitrogens with one attached hydrogen (secondary N) is 1. The van der Waals surface area contributed by atoms with Crippen LogP contribution in [0.25, 0.3) is 0 Å². The highest BCUT2D eigenvalue weighted by molar-refractivity contribution is 6.35. The molecule has 0 saturated carbocycles. The van der Waals surface area contributed by atoms with Crippen LogP contribution < -0.4 is 10.1 Å². The molecular formula is C17H17Cl2NO2. The van der Waals surface area contributed by atoms with Gasteiger partial charge < -0.3 is 10.1 Å². The van der Waals surface area contributed by atoms with Gasteiger partial charge in [0, 0.05) is 15.7 Å². The van der Waals surface area contributed by atoms with Crippen LogP contribution >= 0.6 is 23.2 Å². The van der Waals surface area contributed by atoms with E-state index >= 15 is 0 Å². The maximum atomic E-state index is 12.2. The second-order valence-electron chi connectivity index (χ2n) is 5.13. The number of rotatable bonds is 4. The number of amides is 1. The van der Waals surface area contributed by atoms with Crippen molar-refractivity contribution >= 4 is 34.8 Å². The molecule has 2 aromatic carbocycles. The molecule has 0 radical (unpaired) electrons. The van der Waals surface area contributed by atoms with Gasteiger partial charge in [0.15, 0.2) is 6.10 Å². The molecule has 0 aromatic heterocycles. The van der Waals surface area contributed by atoms with Gasteiger partial charge in [0.2, 0.25) is 0 Å².